The molecule has 0 radical (unpaired) electrons. The van der Waals surface area contributed by atoms with Crippen molar-refractivity contribution in [3.8, 4) is 11.5 Å². The lowest BCUT2D eigenvalue weighted by Crippen LogP contribution is -2.35. The first-order chi connectivity index (χ1) is 14.0. The highest BCUT2D eigenvalue weighted by atomic mass is 35.5. The molecule has 0 saturated carbocycles. The van der Waals surface area contributed by atoms with Gasteiger partial charge in [0.2, 0.25) is 0 Å². The fourth-order valence-corrected chi connectivity index (χ4v) is 3.47. The van der Waals surface area contributed by atoms with Crippen LogP contribution in [0, 0.1) is 5.41 Å². The Balaban J connectivity index is 1.55. The molecule has 146 valence electrons. The molecule has 2 aliphatic rings. The van der Waals surface area contributed by atoms with E-state index in [0.717, 1.165) is 5.56 Å². The van der Waals surface area contributed by atoms with Gasteiger partial charge in [0.05, 0.1) is 18.2 Å². The molecule has 0 spiro atoms. The number of aliphatic imine (C=N–C) groups is 1. The summed E-state index contributed by atoms with van der Waals surface area (Å²) in [6.45, 7) is 0.360. The fourth-order valence-electron chi connectivity index (χ4n) is 2.74. The number of nitrogens with one attached hydrogen (secondary N) is 1. The van der Waals surface area contributed by atoms with E-state index in [2.05, 4.69) is 10.1 Å². The van der Waals surface area contributed by atoms with Crippen molar-refractivity contribution in [2.45, 2.75) is 6.61 Å². The number of hydrogen-bond acceptors (Lipinski definition) is 6. The second kappa shape index (κ2) is 8.10. The van der Waals surface area contributed by atoms with E-state index in [1.165, 1.54) is 16.8 Å². The predicted molar refractivity (Wildman–Crippen MR) is 115 cm³/mol. The molecule has 2 aromatic rings. The zero-order valence-electron chi connectivity index (χ0n) is 15.3. The van der Waals surface area contributed by atoms with Crippen LogP contribution in [0.25, 0.3) is 6.08 Å². The summed E-state index contributed by atoms with van der Waals surface area (Å²) >= 11 is 7.11. The number of nitrogens with zero attached hydrogens (tertiary/aromatic N) is 3. The summed E-state index contributed by atoms with van der Waals surface area (Å²) < 4.78 is 11.3. The topological polar surface area (TPSA) is 87.3 Å². The minimum atomic E-state index is -0.471. The molecule has 2 heterocycles. The molecule has 0 bridgehead atoms. The Morgan fingerprint density at radius 1 is 1.21 bits per heavy atom. The van der Waals surface area contributed by atoms with Crippen molar-refractivity contribution >= 4 is 51.9 Å². The first kappa shape index (κ1) is 19.2. The fraction of sp³-hybridized carbons (Fsp3) is 0.100. The molecule has 0 saturated heterocycles. The summed E-state index contributed by atoms with van der Waals surface area (Å²) in [5.41, 5.74) is 3.36. The van der Waals surface area contributed by atoms with E-state index in [0.29, 0.717) is 33.9 Å². The van der Waals surface area contributed by atoms with E-state index in [1.807, 2.05) is 12.1 Å². The van der Waals surface area contributed by atoms with Gasteiger partial charge in [0.25, 0.3) is 5.91 Å². The zero-order chi connectivity index (χ0) is 20.4. The number of halogens is 1. The van der Waals surface area contributed by atoms with Crippen LogP contribution in [0.4, 0.5) is 0 Å². The number of fused-ring (bicyclic) bond motifs is 1. The minimum Gasteiger partial charge on any atom is -0.493 e. The van der Waals surface area contributed by atoms with Crippen molar-refractivity contribution in [1.29, 1.82) is 5.41 Å². The first-order valence-corrected chi connectivity index (χ1v) is 9.79. The number of thioether (sulfide) groups is 1. The van der Waals surface area contributed by atoms with E-state index >= 15 is 0 Å². The quantitative estimate of drug-likeness (QED) is 0.725. The van der Waals surface area contributed by atoms with E-state index in [4.69, 9.17) is 26.5 Å². The minimum absolute atomic E-state index is 0.0109. The summed E-state index contributed by atoms with van der Waals surface area (Å²) in [7, 11) is 1.54. The summed E-state index contributed by atoms with van der Waals surface area (Å²) in [5, 5.41) is 14.7. The van der Waals surface area contributed by atoms with E-state index in [-0.39, 0.29) is 11.4 Å². The molecular formula is C20H15ClN4O3S. The molecule has 0 aliphatic carbocycles. The summed E-state index contributed by atoms with van der Waals surface area (Å²) in [4.78, 5) is 16.3. The van der Waals surface area contributed by atoms with Gasteiger partial charge >= 0.3 is 0 Å². The molecule has 0 aromatic heterocycles. The molecule has 9 heteroatoms. The lowest BCUT2D eigenvalue weighted by Gasteiger charge is -2.20. The summed E-state index contributed by atoms with van der Waals surface area (Å²) in [5.74, 6) is 0.599. The number of benzene rings is 2. The largest absolute Gasteiger partial charge is 0.493 e. The number of rotatable bonds is 5. The predicted octanol–water partition coefficient (Wildman–Crippen LogP) is 4.18. The van der Waals surface area contributed by atoms with Crippen molar-refractivity contribution in [2.24, 2.45) is 10.1 Å². The highest BCUT2D eigenvalue weighted by molar-refractivity contribution is 8.25. The molecule has 0 fully saturated rings. The number of carbonyl (C=O) groups excluding carboxylic acids is 1. The number of amides is 1. The number of methoxy groups -OCH3 is 1. The van der Waals surface area contributed by atoms with Gasteiger partial charge in [-0.25, -0.2) is 0 Å². The number of amidine groups is 2. The van der Waals surface area contributed by atoms with Gasteiger partial charge < -0.3 is 9.47 Å². The van der Waals surface area contributed by atoms with Crippen LogP contribution < -0.4 is 9.47 Å². The third-order valence-electron chi connectivity index (χ3n) is 4.20. The highest BCUT2D eigenvalue weighted by Gasteiger charge is 2.32. The van der Waals surface area contributed by atoms with Gasteiger partial charge in [-0.3, -0.25) is 10.2 Å². The van der Waals surface area contributed by atoms with Crippen LogP contribution in [0.15, 0.2) is 58.1 Å². The third kappa shape index (κ3) is 4.03. The SMILES string of the molecule is COc1cc(/C=C2/C(=N)N3N=CSC3=NC2=O)ccc1OCc1ccc(Cl)cc1. The van der Waals surface area contributed by atoms with Crippen LogP contribution in [0.5, 0.6) is 11.5 Å². The van der Waals surface area contributed by atoms with Crippen molar-refractivity contribution in [1.82, 2.24) is 5.01 Å². The van der Waals surface area contributed by atoms with Crippen LogP contribution >= 0.6 is 23.4 Å². The Morgan fingerprint density at radius 3 is 2.76 bits per heavy atom. The number of ether oxygens (including phenoxy) is 2. The zero-order valence-corrected chi connectivity index (χ0v) is 16.8. The van der Waals surface area contributed by atoms with Crippen LogP contribution in [-0.4, -0.2) is 34.6 Å². The molecule has 2 aliphatic heterocycles. The van der Waals surface area contributed by atoms with Gasteiger partial charge in [-0.15, -0.1) is 0 Å². The molecule has 0 unspecified atom stereocenters. The van der Waals surface area contributed by atoms with E-state index in [9.17, 15) is 4.79 Å². The molecular weight excluding hydrogens is 412 g/mol. The van der Waals surface area contributed by atoms with Crippen LogP contribution in [-0.2, 0) is 11.4 Å². The summed E-state index contributed by atoms with van der Waals surface area (Å²) in [6, 6.07) is 12.7. The number of carbonyl (C=O) groups is 1. The Labute approximate surface area is 176 Å². The van der Waals surface area contributed by atoms with Gasteiger partial charge in [-0.2, -0.15) is 15.1 Å². The number of hydrogen-bond donors (Lipinski definition) is 1. The third-order valence-corrected chi connectivity index (χ3v) is 5.13. The van der Waals surface area contributed by atoms with Gasteiger partial charge in [0.15, 0.2) is 22.5 Å². The second-order valence-electron chi connectivity index (χ2n) is 6.08. The van der Waals surface area contributed by atoms with Crippen LogP contribution in [0.1, 0.15) is 11.1 Å². The maximum atomic E-state index is 12.3. The monoisotopic (exact) mass is 426 g/mol. The van der Waals surface area contributed by atoms with Crippen molar-refractivity contribution in [2.75, 3.05) is 7.11 Å². The second-order valence-corrected chi connectivity index (χ2v) is 7.33. The standard InChI is InChI=1S/C20H15ClN4O3S/c1-27-17-9-13(4-7-16(17)28-10-12-2-5-14(21)6-3-12)8-15-18(22)25-20(24-19(15)26)29-11-23-25/h2-9,11,22H,10H2,1H3/b15-8-,22-18?. The first-order valence-electron chi connectivity index (χ1n) is 8.53. The van der Waals surface area contributed by atoms with Gasteiger partial charge in [0, 0.05) is 5.02 Å². The number of hydrazone groups is 1. The lowest BCUT2D eigenvalue weighted by atomic mass is 10.1. The van der Waals surface area contributed by atoms with Crippen molar-refractivity contribution in [3.63, 3.8) is 0 Å². The Hall–Kier alpha value is -3.10. The Bertz CT molecular complexity index is 1080. The normalized spacial score (nSPS) is 16.8. The van der Waals surface area contributed by atoms with Crippen LogP contribution in [0.2, 0.25) is 5.02 Å². The molecule has 7 nitrogen and oxygen atoms in total. The van der Waals surface area contributed by atoms with Crippen LogP contribution in [0.3, 0.4) is 0 Å². The van der Waals surface area contributed by atoms with Crippen molar-refractivity contribution < 1.29 is 14.3 Å². The van der Waals surface area contributed by atoms with Gasteiger partial charge in [-0.05, 0) is 53.2 Å². The maximum absolute atomic E-state index is 12.3. The lowest BCUT2D eigenvalue weighted by molar-refractivity contribution is -0.114. The van der Waals surface area contributed by atoms with Gasteiger partial charge in [0.1, 0.15) is 6.61 Å². The molecule has 1 N–H and O–H groups in total. The van der Waals surface area contributed by atoms with E-state index in [1.54, 1.807) is 49.1 Å². The smallest absolute Gasteiger partial charge is 0.283 e. The van der Waals surface area contributed by atoms with Gasteiger partial charge in [-0.1, -0.05) is 29.8 Å². The molecule has 1 amide bonds. The average Bonchev–Trinajstić information content (AvgIpc) is 3.19. The molecule has 29 heavy (non-hydrogen) atoms. The van der Waals surface area contributed by atoms with Crippen molar-refractivity contribution in [3.05, 3.63) is 64.2 Å². The maximum Gasteiger partial charge on any atom is 0.283 e. The Kier molecular flexibility index (Phi) is 5.37. The highest BCUT2D eigenvalue weighted by Crippen LogP contribution is 2.31. The average molecular weight is 427 g/mol. The molecule has 0 atom stereocenters. The molecule has 2 aromatic carbocycles. The Morgan fingerprint density at radius 2 is 2.00 bits per heavy atom. The summed E-state index contributed by atoms with van der Waals surface area (Å²) in [6.07, 6.45) is 1.59. The molecule has 4 rings (SSSR count). The van der Waals surface area contributed by atoms with E-state index < -0.39 is 5.91 Å².